The van der Waals surface area contributed by atoms with Gasteiger partial charge in [0.15, 0.2) is 0 Å². The maximum Gasteiger partial charge on any atom is 0.0939 e. The maximum atomic E-state index is 4.65. The van der Waals surface area contributed by atoms with E-state index in [1.165, 1.54) is 66.6 Å². The minimum Gasteiger partial charge on any atom is -0.240 e. The van der Waals surface area contributed by atoms with Crippen LogP contribution in [0.15, 0.2) is 10.8 Å². The third kappa shape index (κ3) is 4.07. The Hall–Kier alpha value is -0.410. The number of thiazole rings is 1. The molecule has 0 aliphatic heterocycles. The predicted octanol–water partition coefficient (Wildman–Crippen LogP) is 5.65. The van der Waals surface area contributed by atoms with E-state index in [4.69, 9.17) is 0 Å². The average molecular weight is 267 g/mol. The first-order chi connectivity index (χ1) is 8.40. The third-order valence-electron chi connectivity index (χ3n) is 3.07. The fourth-order valence-electron chi connectivity index (χ4n) is 2.06. The summed E-state index contributed by atoms with van der Waals surface area (Å²) in [4.78, 5) is 4.65. The van der Waals surface area contributed by atoms with E-state index in [1.54, 1.807) is 11.3 Å². The fraction of sp³-hybridized carbons (Fsp3) is 0.643. The average Bonchev–Trinajstić information content (AvgIpc) is 2.88. The number of hydrogen-bond donors (Lipinski definition) is 0. The van der Waals surface area contributed by atoms with E-state index >= 15 is 0 Å². The molecule has 3 heteroatoms. The molecule has 0 aromatic carbocycles. The quantitative estimate of drug-likeness (QED) is 0.563. The number of rotatable bonds is 8. The minimum atomic E-state index is 1.18. The normalized spacial score (nSPS) is 11.4. The number of hydrogen-bond acceptors (Lipinski definition) is 3. The molecule has 0 fully saturated rings. The van der Waals surface area contributed by atoms with Crippen molar-refractivity contribution >= 4 is 32.9 Å². The van der Waals surface area contributed by atoms with Crippen molar-refractivity contribution in [2.45, 2.75) is 58.3 Å². The predicted molar refractivity (Wildman–Crippen MR) is 79.2 cm³/mol. The van der Waals surface area contributed by atoms with Gasteiger partial charge in [-0.05, 0) is 12.8 Å². The Kier molecular flexibility index (Phi) is 5.46. The molecule has 0 aliphatic rings. The highest BCUT2D eigenvalue weighted by Gasteiger charge is 2.03. The zero-order chi connectivity index (χ0) is 11.9. The summed E-state index contributed by atoms with van der Waals surface area (Å²) in [6.45, 7) is 2.27. The fourth-order valence-corrected chi connectivity index (χ4v) is 3.97. The molecule has 0 radical (unpaired) electrons. The van der Waals surface area contributed by atoms with Gasteiger partial charge in [-0.15, -0.1) is 22.7 Å². The Morgan fingerprint density at radius 1 is 1.00 bits per heavy atom. The molecular weight excluding hydrogens is 246 g/mol. The molecule has 2 aromatic rings. The van der Waals surface area contributed by atoms with Gasteiger partial charge in [0, 0.05) is 10.8 Å². The van der Waals surface area contributed by atoms with Gasteiger partial charge in [-0.3, -0.25) is 0 Å². The van der Waals surface area contributed by atoms with Gasteiger partial charge in [-0.1, -0.05) is 45.4 Å². The van der Waals surface area contributed by atoms with Crippen LogP contribution in [0.25, 0.3) is 10.2 Å². The highest BCUT2D eigenvalue weighted by Crippen LogP contribution is 2.26. The molecule has 0 spiro atoms. The molecule has 0 saturated heterocycles. The Bertz CT molecular complexity index is 402. The van der Waals surface area contributed by atoms with E-state index in [2.05, 4.69) is 22.7 Å². The summed E-state index contributed by atoms with van der Waals surface area (Å²) < 4.78 is 1.37. The molecule has 2 rings (SSSR count). The van der Waals surface area contributed by atoms with E-state index in [0.717, 1.165) is 0 Å². The first-order valence-corrected chi connectivity index (χ1v) is 8.47. The van der Waals surface area contributed by atoms with Crippen LogP contribution in [0, 0.1) is 0 Å². The molecule has 0 unspecified atom stereocenters. The molecule has 0 bridgehead atoms. The summed E-state index contributed by atoms with van der Waals surface area (Å²) in [5.41, 5.74) is 1.21. The Morgan fingerprint density at radius 3 is 2.53 bits per heavy atom. The molecular formula is C14H21NS2. The van der Waals surface area contributed by atoms with Crippen LogP contribution in [0.4, 0.5) is 0 Å². The SMILES string of the molecule is CCCCCCCCCc1nc2cscc2s1. The highest BCUT2D eigenvalue weighted by molar-refractivity contribution is 7.22. The zero-order valence-corrected chi connectivity index (χ0v) is 12.2. The summed E-state index contributed by atoms with van der Waals surface area (Å²) in [6.07, 6.45) is 10.8. The van der Waals surface area contributed by atoms with Crippen LogP contribution >= 0.6 is 22.7 Å². The smallest absolute Gasteiger partial charge is 0.0939 e. The molecule has 2 aromatic heterocycles. The Morgan fingerprint density at radius 2 is 1.76 bits per heavy atom. The van der Waals surface area contributed by atoms with Gasteiger partial charge in [0.05, 0.1) is 15.2 Å². The first kappa shape index (κ1) is 13.0. The molecule has 0 aliphatic carbocycles. The van der Waals surface area contributed by atoms with E-state index in [1.807, 2.05) is 11.3 Å². The van der Waals surface area contributed by atoms with E-state index in [0.29, 0.717) is 0 Å². The van der Waals surface area contributed by atoms with Crippen LogP contribution in [0.3, 0.4) is 0 Å². The number of thiophene rings is 1. The molecule has 0 atom stereocenters. The molecule has 1 nitrogen and oxygen atoms in total. The van der Waals surface area contributed by atoms with Crippen molar-refractivity contribution in [3.8, 4) is 0 Å². The van der Waals surface area contributed by atoms with E-state index < -0.39 is 0 Å². The van der Waals surface area contributed by atoms with Crippen LogP contribution in [-0.2, 0) is 6.42 Å². The Balaban J connectivity index is 1.60. The number of unbranched alkanes of at least 4 members (excludes halogenated alkanes) is 6. The van der Waals surface area contributed by atoms with E-state index in [-0.39, 0.29) is 0 Å². The first-order valence-electron chi connectivity index (χ1n) is 6.71. The van der Waals surface area contributed by atoms with Crippen molar-refractivity contribution in [1.29, 1.82) is 0 Å². The van der Waals surface area contributed by atoms with Gasteiger partial charge in [0.2, 0.25) is 0 Å². The van der Waals surface area contributed by atoms with Gasteiger partial charge >= 0.3 is 0 Å². The lowest BCUT2D eigenvalue weighted by atomic mass is 10.1. The van der Waals surface area contributed by atoms with Crippen molar-refractivity contribution in [2.24, 2.45) is 0 Å². The maximum absolute atomic E-state index is 4.65. The number of aryl methyl sites for hydroxylation is 1. The molecule has 2 heterocycles. The highest BCUT2D eigenvalue weighted by atomic mass is 32.1. The third-order valence-corrected chi connectivity index (χ3v) is 5.03. The van der Waals surface area contributed by atoms with Crippen LogP contribution < -0.4 is 0 Å². The van der Waals surface area contributed by atoms with Crippen LogP contribution in [0.5, 0.6) is 0 Å². The van der Waals surface area contributed by atoms with Gasteiger partial charge < -0.3 is 0 Å². The minimum absolute atomic E-state index is 1.18. The summed E-state index contributed by atoms with van der Waals surface area (Å²) in [6, 6.07) is 0. The van der Waals surface area contributed by atoms with E-state index in [9.17, 15) is 0 Å². The van der Waals surface area contributed by atoms with Crippen LogP contribution in [0.1, 0.15) is 56.9 Å². The molecule has 0 amide bonds. The van der Waals surface area contributed by atoms with Crippen LogP contribution in [0.2, 0.25) is 0 Å². The lowest BCUT2D eigenvalue weighted by Gasteiger charge is -1.99. The van der Waals surface area contributed by atoms with Crippen molar-refractivity contribution in [1.82, 2.24) is 4.98 Å². The van der Waals surface area contributed by atoms with Crippen molar-refractivity contribution in [3.63, 3.8) is 0 Å². The lowest BCUT2D eigenvalue weighted by molar-refractivity contribution is 0.589. The summed E-state index contributed by atoms with van der Waals surface area (Å²) in [5.74, 6) is 0. The van der Waals surface area contributed by atoms with Gasteiger partial charge in [0.1, 0.15) is 0 Å². The van der Waals surface area contributed by atoms with Crippen molar-refractivity contribution in [2.75, 3.05) is 0 Å². The number of nitrogens with zero attached hydrogens (tertiary/aromatic N) is 1. The summed E-state index contributed by atoms with van der Waals surface area (Å²) in [5, 5.41) is 5.69. The standard InChI is InChI=1S/C14H21NS2/c1-2-3-4-5-6-7-8-9-14-15-12-10-16-11-13(12)17-14/h10-11H,2-9H2,1H3. The second kappa shape index (κ2) is 7.12. The van der Waals surface area contributed by atoms with Gasteiger partial charge in [0.25, 0.3) is 0 Å². The number of fused-ring (bicyclic) bond motifs is 1. The largest absolute Gasteiger partial charge is 0.240 e. The monoisotopic (exact) mass is 267 g/mol. The zero-order valence-electron chi connectivity index (χ0n) is 10.6. The lowest BCUT2D eigenvalue weighted by Crippen LogP contribution is -1.85. The van der Waals surface area contributed by atoms with Crippen LogP contribution in [-0.4, -0.2) is 4.98 Å². The molecule has 94 valence electrons. The summed E-state index contributed by atoms with van der Waals surface area (Å²) >= 11 is 3.63. The molecule has 0 saturated carbocycles. The second-order valence-corrected chi connectivity index (χ2v) is 6.46. The molecule has 0 N–H and O–H groups in total. The van der Waals surface area contributed by atoms with Crippen molar-refractivity contribution in [3.05, 3.63) is 15.8 Å². The van der Waals surface area contributed by atoms with Gasteiger partial charge in [-0.25, -0.2) is 4.98 Å². The van der Waals surface area contributed by atoms with Gasteiger partial charge in [-0.2, -0.15) is 0 Å². The second-order valence-electron chi connectivity index (χ2n) is 4.60. The molecule has 17 heavy (non-hydrogen) atoms. The number of aromatic nitrogens is 1. The van der Waals surface area contributed by atoms with Crippen molar-refractivity contribution < 1.29 is 0 Å². The topological polar surface area (TPSA) is 12.9 Å². The summed E-state index contributed by atoms with van der Waals surface area (Å²) in [7, 11) is 0. The Labute approximate surface area is 112 Å².